The van der Waals surface area contributed by atoms with Crippen molar-refractivity contribution in [1.82, 2.24) is 10.2 Å². The van der Waals surface area contributed by atoms with Gasteiger partial charge in [0.2, 0.25) is 5.91 Å². The van der Waals surface area contributed by atoms with Gasteiger partial charge in [0.1, 0.15) is 11.8 Å². The van der Waals surface area contributed by atoms with Crippen LogP contribution in [0.4, 0.5) is 5.69 Å². The number of rotatable bonds is 6. The molecule has 5 rings (SSSR count). The molecule has 0 unspecified atom stereocenters. The lowest BCUT2D eigenvalue weighted by molar-refractivity contribution is -0.139. The lowest BCUT2D eigenvalue weighted by Crippen LogP contribution is -2.50. The monoisotopic (exact) mass is 502 g/mol. The van der Waals surface area contributed by atoms with E-state index in [0.717, 1.165) is 43.4 Å². The van der Waals surface area contributed by atoms with Crippen molar-refractivity contribution >= 4 is 17.5 Å². The predicted octanol–water partition coefficient (Wildman–Crippen LogP) is 3.89. The molecule has 2 fully saturated rings. The number of para-hydroxylation sites is 1. The van der Waals surface area contributed by atoms with Gasteiger partial charge < -0.3 is 25.0 Å². The van der Waals surface area contributed by atoms with E-state index in [-0.39, 0.29) is 41.8 Å². The molecule has 194 valence electrons. The standard InChI is InChI=1S/C29H34N4O4/c1-36-17-25-21-13-14-33(27(21)20-7-3-5-9-23(20)31-25)29(35)22-8-4-6-10-24(22)32-28(34)18-11-12-19(16-30)26(15-18)37-2/h3,5,7,9,11-12,15,21-22,24-25,27,31H,4,6,8,10,13-14,17H2,1-2H3,(H,32,34)/t21-,22-,24+,25-,27-/m0/s1. The maximum absolute atomic E-state index is 14.1. The molecule has 0 spiro atoms. The summed E-state index contributed by atoms with van der Waals surface area (Å²) in [5.74, 6) is 0.257. The Bertz CT molecular complexity index is 1210. The number of anilines is 1. The summed E-state index contributed by atoms with van der Waals surface area (Å²) in [5.41, 5.74) is 3.02. The van der Waals surface area contributed by atoms with Crippen molar-refractivity contribution < 1.29 is 19.1 Å². The molecule has 2 heterocycles. The molecule has 0 bridgehead atoms. The first-order valence-corrected chi connectivity index (χ1v) is 13.1. The normalized spacial score (nSPS) is 26.3. The quantitative estimate of drug-likeness (QED) is 0.621. The second kappa shape index (κ2) is 10.8. The van der Waals surface area contributed by atoms with Crippen LogP contribution in [0.1, 0.15) is 59.6 Å². The van der Waals surface area contributed by atoms with Gasteiger partial charge in [-0.25, -0.2) is 0 Å². The summed E-state index contributed by atoms with van der Waals surface area (Å²) < 4.78 is 10.8. The summed E-state index contributed by atoms with van der Waals surface area (Å²) in [5, 5.41) is 16.0. The van der Waals surface area contributed by atoms with E-state index in [1.807, 2.05) is 12.1 Å². The summed E-state index contributed by atoms with van der Waals surface area (Å²) in [6, 6.07) is 15.0. The minimum Gasteiger partial charge on any atom is -0.495 e. The zero-order valence-electron chi connectivity index (χ0n) is 21.4. The molecule has 2 amide bonds. The first-order chi connectivity index (χ1) is 18.0. The average molecular weight is 503 g/mol. The number of carbonyl (C=O) groups is 2. The maximum Gasteiger partial charge on any atom is 0.251 e. The summed E-state index contributed by atoms with van der Waals surface area (Å²) in [6.45, 7) is 1.29. The highest BCUT2D eigenvalue weighted by Gasteiger charge is 2.48. The van der Waals surface area contributed by atoms with E-state index in [1.165, 1.54) is 7.11 Å². The molecule has 0 radical (unpaired) electrons. The molecule has 2 aliphatic heterocycles. The topological polar surface area (TPSA) is 104 Å². The molecule has 2 aromatic carbocycles. The molecular formula is C29H34N4O4. The summed E-state index contributed by atoms with van der Waals surface area (Å²) in [6.07, 6.45) is 4.39. The van der Waals surface area contributed by atoms with Crippen molar-refractivity contribution in [3.8, 4) is 11.8 Å². The highest BCUT2D eigenvalue weighted by molar-refractivity contribution is 5.95. The number of likely N-dealkylation sites (tertiary alicyclic amines) is 1. The first kappa shape index (κ1) is 25.1. The van der Waals surface area contributed by atoms with Gasteiger partial charge in [-0.1, -0.05) is 31.0 Å². The molecular weight excluding hydrogens is 468 g/mol. The fourth-order valence-corrected chi connectivity index (χ4v) is 6.41. The van der Waals surface area contributed by atoms with Crippen LogP contribution >= 0.6 is 0 Å². The Kier molecular flexibility index (Phi) is 7.33. The van der Waals surface area contributed by atoms with Crippen LogP contribution in [0.2, 0.25) is 0 Å². The minimum absolute atomic E-state index is 0.00571. The van der Waals surface area contributed by atoms with Gasteiger partial charge in [0.25, 0.3) is 5.91 Å². The lowest BCUT2D eigenvalue weighted by atomic mass is 9.81. The number of hydrogen-bond donors (Lipinski definition) is 2. The van der Waals surface area contributed by atoms with Gasteiger partial charge in [0, 0.05) is 36.9 Å². The molecule has 1 aliphatic carbocycles. The summed E-state index contributed by atoms with van der Waals surface area (Å²) >= 11 is 0. The van der Waals surface area contributed by atoms with Gasteiger partial charge in [0.05, 0.1) is 37.3 Å². The molecule has 1 saturated carbocycles. The van der Waals surface area contributed by atoms with Gasteiger partial charge in [-0.15, -0.1) is 0 Å². The van der Waals surface area contributed by atoms with Crippen molar-refractivity contribution in [3.05, 3.63) is 59.2 Å². The van der Waals surface area contributed by atoms with Crippen LogP contribution in [0.5, 0.6) is 5.75 Å². The number of nitrogens with zero attached hydrogens (tertiary/aromatic N) is 2. The summed E-state index contributed by atoms with van der Waals surface area (Å²) in [4.78, 5) is 29.4. The van der Waals surface area contributed by atoms with Crippen LogP contribution in [-0.4, -0.2) is 56.2 Å². The number of benzene rings is 2. The highest BCUT2D eigenvalue weighted by atomic mass is 16.5. The second-order valence-corrected chi connectivity index (χ2v) is 10.2. The van der Waals surface area contributed by atoms with Crippen LogP contribution < -0.4 is 15.4 Å². The molecule has 2 aromatic rings. The van der Waals surface area contributed by atoms with Gasteiger partial charge in [0.15, 0.2) is 0 Å². The molecule has 1 saturated heterocycles. The largest absolute Gasteiger partial charge is 0.495 e. The smallest absolute Gasteiger partial charge is 0.251 e. The van der Waals surface area contributed by atoms with Crippen molar-refractivity contribution in [3.63, 3.8) is 0 Å². The first-order valence-electron chi connectivity index (χ1n) is 13.1. The fraction of sp³-hybridized carbons (Fsp3) is 0.483. The minimum atomic E-state index is -0.264. The predicted molar refractivity (Wildman–Crippen MR) is 139 cm³/mol. The van der Waals surface area contributed by atoms with E-state index >= 15 is 0 Å². The number of nitrogens with one attached hydrogen (secondary N) is 2. The Hall–Kier alpha value is -3.57. The average Bonchev–Trinajstić information content (AvgIpc) is 3.39. The number of nitriles is 1. The van der Waals surface area contributed by atoms with Crippen molar-refractivity contribution in [2.45, 2.75) is 50.2 Å². The molecule has 2 N–H and O–H groups in total. The second-order valence-electron chi connectivity index (χ2n) is 10.2. The van der Waals surface area contributed by atoms with E-state index in [1.54, 1.807) is 25.3 Å². The third-order valence-corrected chi connectivity index (χ3v) is 8.19. The van der Waals surface area contributed by atoms with Crippen molar-refractivity contribution in [2.24, 2.45) is 11.8 Å². The number of fused-ring (bicyclic) bond motifs is 3. The number of hydrogen-bond acceptors (Lipinski definition) is 6. The van der Waals surface area contributed by atoms with Crippen LogP contribution in [0, 0.1) is 23.2 Å². The molecule has 37 heavy (non-hydrogen) atoms. The maximum atomic E-state index is 14.1. The van der Waals surface area contributed by atoms with Crippen LogP contribution in [-0.2, 0) is 9.53 Å². The van der Waals surface area contributed by atoms with Crippen LogP contribution in [0.3, 0.4) is 0 Å². The molecule has 0 aromatic heterocycles. The molecule has 5 atom stereocenters. The van der Waals surface area contributed by atoms with E-state index in [4.69, 9.17) is 9.47 Å². The Morgan fingerprint density at radius 1 is 1.14 bits per heavy atom. The third-order valence-electron chi connectivity index (χ3n) is 8.19. The zero-order valence-corrected chi connectivity index (χ0v) is 21.4. The Morgan fingerprint density at radius 2 is 1.95 bits per heavy atom. The lowest BCUT2D eigenvalue weighted by Gasteiger charge is -2.41. The third kappa shape index (κ3) is 4.76. The number of carbonyl (C=O) groups excluding carboxylic acids is 2. The number of ether oxygens (including phenoxy) is 2. The molecule has 8 heteroatoms. The SMILES string of the molecule is COC[C@@H]1Nc2ccccc2[C@H]2[C@H]1CCN2C(=O)[C@H]1CCCC[C@H]1NC(=O)c1ccc(C#N)c(OC)c1. The van der Waals surface area contributed by atoms with E-state index < -0.39 is 0 Å². The van der Waals surface area contributed by atoms with Crippen LogP contribution in [0.25, 0.3) is 0 Å². The highest BCUT2D eigenvalue weighted by Crippen LogP contribution is 2.47. The Labute approximate surface area is 217 Å². The fourth-order valence-electron chi connectivity index (χ4n) is 6.41. The van der Waals surface area contributed by atoms with Gasteiger partial charge in [-0.2, -0.15) is 5.26 Å². The van der Waals surface area contributed by atoms with Crippen LogP contribution in [0.15, 0.2) is 42.5 Å². The molecule has 8 nitrogen and oxygen atoms in total. The number of amides is 2. The van der Waals surface area contributed by atoms with E-state index in [2.05, 4.69) is 33.7 Å². The van der Waals surface area contributed by atoms with E-state index in [0.29, 0.717) is 30.0 Å². The van der Waals surface area contributed by atoms with Crippen molar-refractivity contribution in [2.75, 3.05) is 32.7 Å². The Morgan fingerprint density at radius 3 is 2.73 bits per heavy atom. The molecule has 3 aliphatic rings. The van der Waals surface area contributed by atoms with Gasteiger partial charge >= 0.3 is 0 Å². The van der Waals surface area contributed by atoms with E-state index in [9.17, 15) is 14.9 Å². The zero-order chi connectivity index (χ0) is 25.9. The van der Waals surface area contributed by atoms with Gasteiger partial charge in [-0.05, 0) is 49.1 Å². The number of methoxy groups -OCH3 is 2. The Balaban J connectivity index is 1.37. The van der Waals surface area contributed by atoms with Gasteiger partial charge in [-0.3, -0.25) is 9.59 Å². The van der Waals surface area contributed by atoms with Crippen molar-refractivity contribution in [1.29, 1.82) is 5.26 Å². The summed E-state index contributed by atoms with van der Waals surface area (Å²) in [7, 11) is 3.20.